The highest BCUT2D eigenvalue weighted by Gasteiger charge is 2.18. The van der Waals surface area contributed by atoms with Crippen molar-refractivity contribution >= 4 is 17.3 Å². The molecule has 2 nitrogen and oxygen atoms in total. The number of anilines is 2. The van der Waals surface area contributed by atoms with Crippen molar-refractivity contribution in [3.63, 3.8) is 0 Å². The molecule has 2 aromatic carbocycles. The van der Waals surface area contributed by atoms with Gasteiger partial charge in [-0.1, -0.05) is 25.7 Å². The molecule has 1 aliphatic rings. The van der Waals surface area contributed by atoms with Gasteiger partial charge in [-0.15, -0.1) is 0 Å². The van der Waals surface area contributed by atoms with E-state index in [1.54, 1.807) is 25.1 Å². The minimum Gasteiger partial charge on any atom is -0.354 e. The van der Waals surface area contributed by atoms with E-state index in [-0.39, 0.29) is 11.7 Å². The molecular weight excluding hydrogens is 306 g/mol. The second-order valence-electron chi connectivity index (χ2n) is 6.17. The Labute approximate surface area is 140 Å². The minimum atomic E-state index is -0.452. The summed E-state index contributed by atoms with van der Waals surface area (Å²) < 4.78 is 27.3. The van der Waals surface area contributed by atoms with Crippen LogP contribution >= 0.6 is 0 Å². The van der Waals surface area contributed by atoms with Crippen LogP contribution in [0, 0.1) is 30.5 Å². The first-order valence-corrected chi connectivity index (χ1v) is 7.86. The zero-order valence-corrected chi connectivity index (χ0v) is 13.9. The van der Waals surface area contributed by atoms with Crippen molar-refractivity contribution in [1.82, 2.24) is 0 Å². The van der Waals surface area contributed by atoms with Gasteiger partial charge < -0.3 is 5.32 Å². The molecule has 0 atom stereocenters. The van der Waals surface area contributed by atoms with Crippen LogP contribution in [0.25, 0.3) is 0 Å². The topological polar surface area (TPSA) is 24.4 Å². The molecule has 0 saturated carbocycles. The molecule has 1 N–H and O–H groups in total. The quantitative estimate of drug-likeness (QED) is 0.762. The number of aryl methyl sites for hydroxylation is 1. The monoisotopic (exact) mass is 324 g/mol. The van der Waals surface area contributed by atoms with Gasteiger partial charge in [-0.05, 0) is 48.4 Å². The fraction of sp³-hybridized carbons (Fsp3) is 0.250. The fourth-order valence-electron chi connectivity index (χ4n) is 2.51. The van der Waals surface area contributed by atoms with Gasteiger partial charge in [0.15, 0.2) is 0 Å². The van der Waals surface area contributed by atoms with E-state index >= 15 is 0 Å². The molecule has 0 aromatic heterocycles. The minimum absolute atomic E-state index is 0.229. The number of hydrogen-bond donors (Lipinski definition) is 1. The Bertz CT molecular complexity index is 886. The molecule has 1 heterocycles. The molecule has 0 aliphatic carbocycles. The molecule has 2 aromatic rings. The van der Waals surface area contributed by atoms with E-state index in [0.29, 0.717) is 23.4 Å². The number of nitrogens with zero attached hydrogens (tertiary/aromatic N) is 1. The SMILES string of the molecule is Cc1cc(Nc2cc3c(cc2C#CC(C)C)CN=C3F)ccc1F. The van der Waals surface area contributed by atoms with Crippen molar-refractivity contribution in [3.05, 3.63) is 58.4 Å². The maximum Gasteiger partial charge on any atom is 0.216 e. The molecule has 122 valence electrons. The highest BCUT2D eigenvalue weighted by atomic mass is 19.1. The predicted octanol–water partition coefficient (Wildman–Crippen LogP) is 5.11. The molecule has 0 saturated heterocycles. The maximum atomic E-state index is 13.8. The molecule has 0 fully saturated rings. The normalized spacial score (nSPS) is 12.5. The number of fused-ring (bicyclic) bond motifs is 1. The van der Waals surface area contributed by atoms with Crippen LogP contribution in [0.15, 0.2) is 35.3 Å². The second-order valence-corrected chi connectivity index (χ2v) is 6.17. The van der Waals surface area contributed by atoms with Crippen LogP contribution in [0.2, 0.25) is 0 Å². The van der Waals surface area contributed by atoms with Gasteiger partial charge in [-0.25, -0.2) is 4.39 Å². The van der Waals surface area contributed by atoms with Crippen LogP contribution in [-0.2, 0) is 6.54 Å². The van der Waals surface area contributed by atoms with Crippen LogP contribution in [-0.4, -0.2) is 5.97 Å². The third kappa shape index (κ3) is 3.30. The van der Waals surface area contributed by atoms with Gasteiger partial charge in [0.25, 0.3) is 0 Å². The van der Waals surface area contributed by atoms with Gasteiger partial charge in [-0.2, -0.15) is 4.39 Å². The standard InChI is InChI=1S/C20H18F2N2/c1-12(2)4-5-14-9-15-11-23-20(22)17(15)10-19(14)24-16-6-7-18(21)13(3)8-16/h6-10,12,24H,11H2,1-3H3. The lowest BCUT2D eigenvalue weighted by atomic mass is 10.0. The number of nitrogens with one attached hydrogen (secondary N) is 1. The summed E-state index contributed by atoms with van der Waals surface area (Å²) >= 11 is 0. The molecule has 0 radical (unpaired) electrons. The number of hydrogen-bond acceptors (Lipinski definition) is 2. The number of benzene rings is 2. The first-order chi connectivity index (χ1) is 11.4. The summed E-state index contributed by atoms with van der Waals surface area (Å²) in [6, 6.07) is 8.38. The van der Waals surface area contributed by atoms with E-state index < -0.39 is 5.97 Å². The summed E-state index contributed by atoms with van der Waals surface area (Å²) in [5.41, 5.74) is 4.09. The number of halogens is 2. The van der Waals surface area contributed by atoms with Crippen molar-refractivity contribution < 1.29 is 8.78 Å². The van der Waals surface area contributed by atoms with Crippen LogP contribution in [0.5, 0.6) is 0 Å². The Morgan fingerprint density at radius 2 is 1.96 bits per heavy atom. The highest BCUT2D eigenvalue weighted by molar-refractivity contribution is 5.98. The van der Waals surface area contributed by atoms with Crippen LogP contribution in [0.3, 0.4) is 0 Å². The van der Waals surface area contributed by atoms with E-state index in [9.17, 15) is 8.78 Å². The lowest BCUT2D eigenvalue weighted by Crippen LogP contribution is -2.00. The Morgan fingerprint density at radius 3 is 2.67 bits per heavy atom. The third-order valence-corrected chi connectivity index (χ3v) is 3.79. The fourth-order valence-corrected chi connectivity index (χ4v) is 2.51. The first kappa shape index (κ1) is 16.2. The van der Waals surface area contributed by atoms with E-state index in [4.69, 9.17) is 0 Å². The second kappa shape index (κ2) is 6.45. The van der Waals surface area contributed by atoms with E-state index in [1.807, 2.05) is 19.9 Å². The van der Waals surface area contributed by atoms with Gasteiger partial charge in [0.05, 0.1) is 12.2 Å². The lowest BCUT2D eigenvalue weighted by molar-refractivity contribution is 0.619. The van der Waals surface area contributed by atoms with Crippen molar-refractivity contribution in [2.75, 3.05) is 5.32 Å². The Balaban J connectivity index is 2.04. The van der Waals surface area contributed by atoms with Crippen molar-refractivity contribution in [3.8, 4) is 11.8 Å². The first-order valence-electron chi connectivity index (χ1n) is 7.86. The van der Waals surface area contributed by atoms with E-state index in [0.717, 1.165) is 16.8 Å². The Hall–Kier alpha value is -2.67. The maximum absolute atomic E-state index is 13.8. The zero-order valence-electron chi connectivity index (χ0n) is 13.9. The van der Waals surface area contributed by atoms with Gasteiger partial charge in [-0.3, -0.25) is 4.99 Å². The third-order valence-electron chi connectivity index (χ3n) is 3.79. The summed E-state index contributed by atoms with van der Waals surface area (Å²) in [6.07, 6.45) is 0. The van der Waals surface area contributed by atoms with Crippen molar-refractivity contribution in [2.24, 2.45) is 10.9 Å². The summed E-state index contributed by atoms with van der Waals surface area (Å²) in [7, 11) is 0. The largest absolute Gasteiger partial charge is 0.354 e. The number of aliphatic imine (C=N–C) groups is 1. The lowest BCUT2D eigenvalue weighted by Gasteiger charge is -2.12. The number of rotatable bonds is 2. The van der Waals surface area contributed by atoms with E-state index in [1.165, 1.54) is 6.07 Å². The zero-order chi connectivity index (χ0) is 17.3. The van der Waals surface area contributed by atoms with Gasteiger partial charge in [0.2, 0.25) is 5.97 Å². The van der Waals surface area contributed by atoms with Crippen LogP contribution in [0.4, 0.5) is 20.2 Å². The van der Waals surface area contributed by atoms with Crippen LogP contribution < -0.4 is 5.32 Å². The van der Waals surface area contributed by atoms with Gasteiger partial charge in [0.1, 0.15) is 5.82 Å². The van der Waals surface area contributed by atoms with Crippen LogP contribution in [0.1, 0.15) is 36.1 Å². The summed E-state index contributed by atoms with van der Waals surface area (Å²) in [5, 5.41) is 3.22. The average molecular weight is 324 g/mol. The molecule has 1 aliphatic heterocycles. The Kier molecular flexibility index (Phi) is 4.35. The molecular formula is C20H18F2N2. The summed E-state index contributed by atoms with van der Waals surface area (Å²) in [4.78, 5) is 3.84. The summed E-state index contributed by atoms with van der Waals surface area (Å²) in [5.74, 6) is 5.79. The van der Waals surface area contributed by atoms with Gasteiger partial charge in [0, 0.05) is 22.7 Å². The molecule has 24 heavy (non-hydrogen) atoms. The van der Waals surface area contributed by atoms with E-state index in [2.05, 4.69) is 22.2 Å². The molecule has 3 rings (SSSR count). The molecule has 0 unspecified atom stereocenters. The average Bonchev–Trinajstić information content (AvgIpc) is 2.89. The molecule has 0 spiro atoms. The predicted molar refractivity (Wildman–Crippen MR) is 93.9 cm³/mol. The van der Waals surface area contributed by atoms with Crippen molar-refractivity contribution in [1.29, 1.82) is 0 Å². The van der Waals surface area contributed by atoms with Gasteiger partial charge >= 0.3 is 0 Å². The molecule has 0 bridgehead atoms. The summed E-state index contributed by atoms with van der Waals surface area (Å²) in [6.45, 7) is 6.07. The van der Waals surface area contributed by atoms with Crippen molar-refractivity contribution in [2.45, 2.75) is 27.3 Å². The molecule has 0 amide bonds. The molecule has 4 heteroatoms. The Morgan fingerprint density at radius 1 is 1.17 bits per heavy atom. The smallest absolute Gasteiger partial charge is 0.216 e. The highest BCUT2D eigenvalue weighted by Crippen LogP contribution is 2.29.